The molecule has 0 aromatic heterocycles. The van der Waals surface area contributed by atoms with E-state index in [2.05, 4.69) is 19.2 Å². The van der Waals surface area contributed by atoms with Crippen LogP contribution in [-0.4, -0.2) is 52.6 Å². The van der Waals surface area contributed by atoms with E-state index in [1.807, 2.05) is 0 Å². The highest BCUT2D eigenvalue weighted by molar-refractivity contribution is 7.99. The van der Waals surface area contributed by atoms with Gasteiger partial charge in [-0.2, -0.15) is 11.8 Å². The number of amides is 2. The predicted octanol–water partition coefficient (Wildman–Crippen LogP) is 1.24. The molecular formula is C11H20N2O3S. The number of carboxylic acid groups (broad SMARTS) is 1. The summed E-state index contributed by atoms with van der Waals surface area (Å²) >= 11 is 1.58. The quantitative estimate of drug-likeness (QED) is 0.798. The van der Waals surface area contributed by atoms with E-state index in [0.717, 1.165) is 12.2 Å². The van der Waals surface area contributed by atoms with E-state index in [1.54, 1.807) is 11.8 Å². The van der Waals surface area contributed by atoms with Gasteiger partial charge in [0.05, 0.1) is 0 Å². The van der Waals surface area contributed by atoms with E-state index >= 15 is 0 Å². The highest BCUT2D eigenvalue weighted by Gasteiger charge is 2.32. The SMILES string of the molecule is CC(C)CCNC(=O)N1CCSCC1C(=O)O. The normalized spacial score (nSPS) is 20.4. The largest absolute Gasteiger partial charge is 0.480 e. The Balaban J connectivity index is 2.45. The summed E-state index contributed by atoms with van der Waals surface area (Å²) in [7, 11) is 0. The van der Waals surface area contributed by atoms with Crippen LogP contribution in [-0.2, 0) is 4.79 Å². The number of carboxylic acids is 1. The van der Waals surface area contributed by atoms with Crippen LogP contribution in [0.15, 0.2) is 0 Å². The van der Waals surface area contributed by atoms with Crippen LogP contribution in [0.1, 0.15) is 20.3 Å². The van der Waals surface area contributed by atoms with E-state index in [9.17, 15) is 9.59 Å². The zero-order chi connectivity index (χ0) is 12.8. The van der Waals surface area contributed by atoms with Crippen LogP contribution in [0.2, 0.25) is 0 Å². The summed E-state index contributed by atoms with van der Waals surface area (Å²) in [4.78, 5) is 24.3. The van der Waals surface area contributed by atoms with Gasteiger partial charge in [-0.15, -0.1) is 0 Å². The molecule has 0 spiro atoms. The highest BCUT2D eigenvalue weighted by atomic mass is 32.2. The lowest BCUT2D eigenvalue weighted by Gasteiger charge is -2.32. The highest BCUT2D eigenvalue weighted by Crippen LogP contribution is 2.16. The number of carbonyl (C=O) groups is 2. The van der Waals surface area contributed by atoms with Gasteiger partial charge in [0.15, 0.2) is 0 Å². The molecule has 2 amide bonds. The molecule has 0 aliphatic carbocycles. The molecule has 2 N–H and O–H groups in total. The lowest BCUT2D eigenvalue weighted by Crippen LogP contribution is -2.53. The maximum atomic E-state index is 11.8. The minimum absolute atomic E-state index is 0.252. The number of aliphatic carboxylic acids is 1. The second-order valence-corrected chi connectivity index (χ2v) is 5.69. The van der Waals surface area contributed by atoms with E-state index in [-0.39, 0.29) is 6.03 Å². The van der Waals surface area contributed by atoms with E-state index in [1.165, 1.54) is 4.90 Å². The molecular weight excluding hydrogens is 240 g/mol. The third kappa shape index (κ3) is 4.46. The second-order valence-electron chi connectivity index (χ2n) is 4.54. The van der Waals surface area contributed by atoms with Crippen LogP contribution in [0.3, 0.4) is 0 Å². The standard InChI is InChI=1S/C11H20N2O3S/c1-8(2)3-4-12-11(16)13-5-6-17-7-9(13)10(14)15/h8-9H,3-7H2,1-2H3,(H,12,16)(H,14,15). The van der Waals surface area contributed by atoms with Crippen molar-refractivity contribution < 1.29 is 14.7 Å². The summed E-state index contributed by atoms with van der Waals surface area (Å²) in [5.41, 5.74) is 0. The average Bonchev–Trinajstić information content (AvgIpc) is 2.28. The van der Waals surface area contributed by atoms with Crippen molar-refractivity contribution in [2.24, 2.45) is 5.92 Å². The number of urea groups is 1. The second kappa shape index (κ2) is 6.74. The molecule has 1 fully saturated rings. The van der Waals surface area contributed by atoms with Crippen molar-refractivity contribution in [3.8, 4) is 0 Å². The molecule has 5 nitrogen and oxygen atoms in total. The number of nitrogens with one attached hydrogen (secondary N) is 1. The molecule has 1 aliphatic heterocycles. The molecule has 1 aliphatic rings. The van der Waals surface area contributed by atoms with Gasteiger partial charge < -0.3 is 15.3 Å². The maximum absolute atomic E-state index is 11.8. The smallest absolute Gasteiger partial charge is 0.327 e. The number of hydrogen-bond acceptors (Lipinski definition) is 3. The fourth-order valence-electron chi connectivity index (χ4n) is 1.62. The number of hydrogen-bond donors (Lipinski definition) is 2. The van der Waals surface area contributed by atoms with Crippen LogP contribution in [0.25, 0.3) is 0 Å². The van der Waals surface area contributed by atoms with Gasteiger partial charge >= 0.3 is 12.0 Å². The molecule has 6 heteroatoms. The molecule has 1 unspecified atom stereocenters. The van der Waals surface area contributed by atoms with Crippen LogP contribution < -0.4 is 5.32 Å². The fourth-order valence-corrected chi connectivity index (χ4v) is 2.66. The Bertz CT molecular complexity index is 284. The van der Waals surface area contributed by atoms with Crippen molar-refractivity contribution in [2.45, 2.75) is 26.3 Å². The molecule has 1 atom stereocenters. The molecule has 0 aromatic carbocycles. The Hall–Kier alpha value is -0.910. The molecule has 0 saturated carbocycles. The van der Waals surface area contributed by atoms with Gasteiger partial charge in [0.2, 0.25) is 0 Å². The molecule has 0 radical (unpaired) electrons. The van der Waals surface area contributed by atoms with E-state index in [4.69, 9.17) is 5.11 Å². The van der Waals surface area contributed by atoms with E-state index in [0.29, 0.717) is 24.8 Å². The molecule has 1 rings (SSSR count). The van der Waals surface area contributed by atoms with Gasteiger partial charge in [0.25, 0.3) is 0 Å². The van der Waals surface area contributed by atoms with Gasteiger partial charge in [-0.25, -0.2) is 9.59 Å². The summed E-state index contributed by atoms with van der Waals surface area (Å²) < 4.78 is 0. The zero-order valence-electron chi connectivity index (χ0n) is 10.3. The van der Waals surface area contributed by atoms with Gasteiger partial charge in [-0.1, -0.05) is 13.8 Å². The third-order valence-electron chi connectivity index (χ3n) is 2.67. The predicted molar refractivity (Wildman–Crippen MR) is 68.3 cm³/mol. The van der Waals surface area contributed by atoms with Crippen molar-refractivity contribution in [2.75, 3.05) is 24.6 Å². The summed E-state index contributed by atoms with van der Waals surface area (Å²) in [6, 6.07) is -0.939. The number of carbonyl (C=O) groups excluding carboxylic acids is 1. The van der Waals surface area contributed by atoms with Crippen molar-refractivity contribution >= 4 is 23.8 Å². The molecule has 1 heterocycles. The topological polar surface area (TPSA) is 69.6 Å². The summed E-state index contributed by atoms with van der Waals surface area (Å²) in [6.45, 7) is 5.29. The summed E-state index contributed by atoms with van der Waals surface area (Å²) in [5, 5.41) is 11.8. The van der Waals surface area contributed by atoms with E-state index < -0.39 is 12.0 Å². The maximum Gasteiger partial charge on any atom is 0.327 e. The molecule has 98 valence electrons. The lowest BCUT2D eigenvalue weighted by molar-refractivity contribution is -0.141. The Morgan fingerprint density at radius 1 is 1.53 bits per heavy atom. The Kier molecular flexibility index (Phi) is 5.61. The first-order chi connectivity index (χ1) is 8.02. The average molecular weight is 260 g/mol. The third-order valence-corrected chi connectivity index (χ3v) is 3.69. The first-order valence-electron chi connectivity index (χ1n) is 5.87. The van der Waals surface area contributed by atoms with Gasteiger partial charge in [-0.3, -0.25) is 0 Å². The summed E-state index contributed by atoms with van der Waals surface area (Å²) in [5.74, 6) is 0.896. The monoisotopic (exact) mass is 260 g/mol. The number of rotatable bonds is 4. The molecule has 1 saturated heterocycles. The van der Waals surface area contributed by atoms with Crippen LogP contribution >= 0.6 is 11.8 Å². The lowest BCUT2D eigenvalue weighted by atomic mass is 10.1. The van der Waals surface area contributed by atoms with Gasteiger partial charge in [0.1, 0.15) is 6.04 Å². The first kappa shape index (κ1) is 14.2. The minimum Gasteiger partial charge on any atom is -0.480 e. The first-order valence-corrected chi connectivity index (χ1v) is 7.03. The van der Waals surface area contributed by atoms with Crippen LogP contribution in [0, 0.1) is 5.92 Å². The summed E-state index contributed by atoms with van der Waals surface area (Å²) in [6.07, 6.45) is 0.909. The fraction of sp³-hybridized carbons (Fsp3) is 0.818. The molecule has 0 bridgehead atoms. The van der Waals surface area contributed by atoms with Gasteiger partial charge in [-0.05, 0) is 12.3 Å². The van der Waals surface area contributed by atoms with Crippen molar-refractivity contribution in [3.05, 3.63) is 0 Å². The molecule has 0 aromatic rings. The van der Waals surface area contributed by atoms with Crippen molar-refractivity contribution in [1.29, 1.82) is 0 Å². The zero-order valence-corrected chi connectivity index (χ0v) is 11.1. The molecule has 17 heavy (non-hydrogen) atoms. The minimum atomic E-state index is -0.920. The van der Waals surface area contributed by atoms with Crippen LogP contribution in [0.4, 0.5) is 4.79 Å². The van der Waals surface area contributed by atoms with Crippen molar-refractivity contribution in [1.82, 2.24) is 10.2 Å². The number of thioether (sulfide) groups is 1. The Morgan fingerprint density at radius 3 is 2.82 bits per heavy atom. The van der Waals surface area contributed by atoms with Crippen LogP contribution in [0.5, 0.6) is 0 Å². The van der Waals surface area contributed by atoms with Crippen molar-refractivity contribution in [3.63, 3.8) is 0 Å². The Morgan fingerprint density at radius 2 is 2.24 bits per heavy atom. The van der Waals surface area contributed by atoms with Gasteiger partial charge in [0, 0.05) is 24.6 Å². The number of nitrogens with zero attached hydrogens (tertiary/aromatic N) is 1. The Labute approximate surface area is 106 Å².